The Morgan fingerprint density at radius 1 is 1.33 bits per heavy atom. The summed E-state index contributed by atoms with van der Waals surface area (Å²) in [4.78, 5) is 26.1. The molecule has 3 heterocycles. The van der Waals surface area contributed by atoms with Crippen LogP contribution >= 0.6 is 11.3 Å². The van der Waals surface area contributed by atoms with E-state index in [1.165, 1.54) is 0 Å². The molecule has 8 heteroatoms. The molecule has 2 atom stereocenters. The van der Waals surface area contributed by atoms with Gasteiger partial charge in [0.2, 0.25) is 5.91 Å². The maximum atomic E-state index is 13.2. The molecule has 27 heavy (non-hydrogen) atoms. The van der Waals surface area contributed by atoms with Gasteiger partial charge in [-0.05, 0) is 18.4 Å². The lowest BCUT2D eigenvalue weighted by Crippen LogP contribution is -2.76. The van der Waals surface area contributed by atoms with E-state index in [4.69, 9.17) is 10.5 Å². The van der Waals surface area contributed by atoms with Crippen LogP contribution in [0, 0.1) is 5.41 Å². The summed E-state index contributed by atoms with van der Waals surface area (Å²) in [6.07, 6.45) is 2.25. The van der Waals surface area contributed by atoms with Crippen LogP contribution in [0.1, 0.15) is 27.2 Å². The van der Waals surface area contributed by atoms with Gasteiger partial charge in [-0.15, -0.1) is 11.3 Å². The molecular weight excluding hydrogens is 362 g/mol. The highest BCUT2D eigenvalue weighted by Gasteiger charge is 2.63. The Morgan fingerprint density at radius 3 is 2.74 bits per heavy atom. The van der Waals surface area contributed by atoms with Gasteiger partial charge in [-0.25, -0.2) is 9.97 Å². The fourth-order valence-corrected chi connectivity index (χ4v) is 5.06. The Hall–Kier alpha value is -1.77. The van der Waals surface area contributed by atoms with Crippen LogP contribution in [-0.4, -0.2) is 65.2 Å². The number of anilines is 1. The number of fused-ring (bicyclic) bond motifs is 1. The first kappa shape index (κ1) is 18.6. The second-order valence-electron chi connectivity index (χ2n) is 7.95. The number of piperazine rings is 1. The number of ether oxygens (including phenoxy) is 1. The van der Waals surface area contributed by atoms with Crippen LogP contribution in [0.15, 0.2) is 17.8 Å². The van der Waals surface area contributed by atoms with Crippen molar-refractivity contribution in [2.75, 3.05) is 37.7 Å². The standard InChI is InChI=1S/C19H27N5O2S/c1-4-26-14-11-19(20,18(14,2)3)17(25)24-8-6-23(7-9-24)16-15-13(5-10-27-15)21-12-22-16/h5,10,12,14H,4,6-9,11,20H2,1-3H3. The van der Waals surface area contributed by atoms with E-state index in [-0.39, 0.29) is 17.4 Å². The lowest BCUT2D eigenvalue weighted by atomic mass is 9.54. The molecule has 1 saturated carbocycles. The highest BCUT2D eigenvalue weighted by atomic mass is 32.1. The lowest BCUT2D eigenvalue weighted by Gasteiger charge is -2.59. The number of carbonyl (C=O) groups is 1. The average Bonchev–Trinajstić information content (AvgIpc) is 3.16. The molecule has 7 nitrogen and oxygen atoms in total. The zero-order chi connectivity index (χ0) is 19.2. The number of hydrogen-bond donors (Lipinski definition) is 1. The Labute approximate surface area is 163 Å². The molecule has 2 N–H and O–H groups in total. The molecule has 0 bridgehead atoms. The molecule has 2 aromatic heterocycles. The minimum atomic E-state index is -0.842. The highest BCUT2D eigenvalue weighted by molar-refractivity contribution is 7.17. The number of amides is 1. The van der Waals surface area contributed by atoms with Gasteiger partial charge >= 0.3 is 0 Å². The molecule has 4 rings (SSSR count). The molecular formula is C19H27N5O2S. The zero-order valence-corrected chi connectivity index (χ0v) is 17.0. The van der Waals surface area contributed by atoms with Crippen LogP contribution in [0.25, 0.3) is 10.2 Å². The van der Waals surface area contributed by atoms with Crippen molar-refractivity contribution in [2.45, 2.75) is 38.8 Å². The third-order valence-electron chi connectivity index (χ3n) is 6.30. The van der Waals surface area contributed by atoms with Crippen molar-refractivity contribution in [1.82, 2.24) is 14.9 Å². The molecule has 0 spiro atoms. The van der Waals surface area contributed by atoms with Gasteiger partial charge in [0.1, 0.15) is 17.7 Å². The van der Waals surface area contributed by atoms with E-state index in [0.29, 0.717) is 26.1 Å². The largest absolute Gasteiger partial charge is 0.378 e. The molecule has 1 aliphatic heterocycles. The first-order valence-corrected chi connectivity index (χ1v) is 10.4. The lowest BCUT2D eigenvalue weighted by molar-refractivity contribution is -0.179. The Kier molecular flexibility index (Phi) is 4.60. The number of hydrogen-bond acceptors (Lipinski definition) is 7. The second-order valence-corrected chi connectivity index (χ2v) is 8.87. The molecule has 0 radical (unpaired) electrons. The SMILES string of the molecule is CCOC1CC(N)(C(=O)N2CCN(c3ncnc4ccsc34)CC2)C1(C)C. The fourth-order valence-electron chi connectivity index (χ4n) is 4.20. The smallest absolute Gasteiger partial charge is 0.243 e. The van der Waals surface area contributed by atoms with E-state index >= 15 is 0 Å². The summed E-state index contributed by atoms with van der Waals surface area (Å²) in [5.41, 5.74) is 6.36. The Bertz CT molecular complexity index is 845. The van der Waals surface area contributed by atoms with Gasteiger partial charge in [-0.2, -0.15) is 0 Å². The predicted molar refractivity (Wildman–Crippen MR) is 107 cm³/mol. The number of nitrogens with zero attached hydrogens (tertiary/aromatic N) is 4. The normalized spacial score (nSPS) is 27.6. The predicted octanol–water partition coefficient (Wildman–Crippen LogP) is 1.87. The summed E-state index contributed by atoms with van der Waals surface area (Å²) < 4.78 is 6.87. The third kappa shape index (κ3) is 2.81. The van der Waals surface area contributed by atoms with Gasteiger partial charge in [0.15, 0.2) is 0 Å². The van der Waals surface area contributed by atoms with Crippen LogP contribution < -0.4 is 10.6 Å². The number of rotatable bonds is 4. The summed E-state index contributed by atoms with van der Waals surface area (Å²) in [7, 11) is 0. The van der Waals surface area contributed by atoms with Gasteiger partial charge in [-0.3, -0.25) is 4.79 Å². The van der Waals surface area contributed by atoms with Crippen molar-refractivity contribution >= 4 is 33.3 Å². The van der Waals surface area contributed by atoms with Crippen molar-refractivity contribution in [1.29, 1.82) is 0 Å². The van der Waals surface area contributed by atoms with E-state index in [1.54, 1.807) is 17.7 Å². The van der Waals surface area contributed by atoms with Crippen LogP contribution in [0.5, 0.6) is 0 Å². The number of thiophene rings is 1. The van der Waals surface area contributed by atoms with Crippen LogP contribution in [-0.2, 0) is 9.53 Å². The topological polar surface area (TPSA) is 84.6 Å². The minimum Gasteiger partial charge on any atom is -0.378 e. The quantitative estimate of drug-likeness (QED) is 0.859. The summed E-state index contributed by atoms with van der Waals surface area (Å²) in [5, 5.41) is 2.04. The third-order valence-corrected chi connectivity index (χ3v) is 7.20. The minimum absolute atomic E-state index is 0.0471. The first-order chi connectivity index (χ1) is 12.9. The molecule has 2 aliphatic rings. The maximum Gasteiger partial charge on any atom is 0.243 e. The van der Waals surface area contributed by atoms with Gasteiger partial charge in [0, 0.05) is 44.6 Å². The van der Waals surface area contributed by atoms with Gasteiger partial charge < -0.3 is 20.3 Å². The summed E-state index contributed by atoms with van der Waals surface area (Å²) in [5.74, 6) is 1.01. The molecule has 146 valence electrons. The number of nitrogens with two attached hydrogens (primary N) is 1. The van der Waals surface area contributed by atoms with E-state index in [9.17, 15) is 4.79 Å². The highest BCUT2D eigenvalue weighted by Crippen LogP contribution is 2.50. The van der Waals surface area contributed by atoms with Gasteiger partial charge in [0.25, 0.3) is 0 Å². The molecule has 2 fully saturated rings. The number of carbonyl (C=O) groups excluding carboxylic acids is 1. The molecule has 1 saturated heterocycles. The monoisotopic (exact) mass is 389 g/mol. The molecule has 0 aromatic carbocycles. The Morgan fingerprint density at radius 2 is 2.07 bits per heavy atom. The fraction of sp³-hybridized carbons (Fsp3) is 0.632. The number of aromatic nitrogens is 2. The average molecular weight is 390 g/mol. The van der Waals surface area contributed by atoms with Gasteiger partial charge in [-0.1, -0.05) is 13.8 Å². The van der Waals surface area contributed by atoms with Crippen molar-refractivity contribution in [3.8, 4) is 0 Å². The van der Waals surface area contributed by atoms with Crippen LogP contribution in [0.2, 0.25) is 0 Å². The van der Waals surface area contributed by atoms with E-state index in [0.717, 1.165) is 29.1 Å². The first-order valence-electron chi connectivity index (χ1n) is 9.51. The molecule has 1 amide bonds. The van der Waals surface area contributed by atoms with Crippen molar-refractivity contribution < 1.29 is 9.53 Å². The zero-order valence-electron chi connectivity index (χ0n) is 16.1. The molecule has 2 aromatic rings. The van der Waals surface area contributed by atoms with E-state index < -0.39 is 5.54 Å². The van der Waals surface area contributed by atoms with E-state index in [2.05, 4.69) is 14.9 Å². The van der Waals surface area contributed by atoms with E-state index in [1.807, 2.05) is 37.1 Å². The Balaban J connectivity index is 1.44. The van der Waals surface area contributed by atoms with Crippen molar-refractivity contribution in [3.63, 3.8) is 0 Å². The summed E-state index contributed by atoms with van der Waals surface area (Å²) in [6, 6.07) is 2.01. The molecule has 2 unspecified atom stereocenters. The maximum absolute atomic E-state index is 13.2. The molecule has 1 aliphatic carbocycles. The summed E-state index contributed by atoms with van der Waals surface area (Å²) in [6.45, 7) is 9.52. The van der Waals surface area contributed by atoms with Crippen molar-refractivity contribution in [2.24, 2.45) is 11.1 Å². The summed E-state index contributed by atoms with van der Waals surface area (Å²) >= 11 is 1.66. The second kappa shape index (κ2) is 6.68. The van der Waals surface area contributed by atoms with Gasteiger partial charge in [0.05, 0.1) is 16.3 Å². The van der Waals surface area contributed by atoms with Crippen LogP contribution in [0.4, 0.5) is 5.82 Å². The van der Waals surface area contributed by atoms with Crippen LogP contribution in [0.3, 0.4) is 0 Å². The van der Waals surface area contributed by atoms with Crippen molar-refractivity contribution in [3.05, 3.63) is 17.8 Å².